The summed E-state index contributed by atoms with van der Waals surface area (Å²) < 4.78 is 7.35. The van der Waals surface area contributed by atoms with Crippen molar-refractivity contribution in [1.82, 2.24) is 20.2 Å². The Labute approximate surface area is 186 Å². The van der Waals surface area contributed by atoms with Crippen molar-refractivity contribution >= 4 is 23.4 Å². The van der Waals surface area contributed by atoms with Gasteiger partial charge >= 0.3 is 0 Å². The molecule has 162 valence electrons. The molecule has 1 aromatic heterocycles. The van der Waals surface area contributed by atoms with Gasteiger partial charge in [-0.25, -0.2) is 0 Å². The van der Waals surface area contributed by atoms with E-state index >= 15 is 0 Å². The van der Waals surface area contributed by atoms with Gasteiger partial charge in [0.05, 0.1) is 12.4 Å². The van der Waals surface area contributed by atoms with Gasteiger partial charge in [-0.3, -0.25) is 4.79 Å². The van der Waals surface area contributed by atoms with Crippen molar-refractivity contribution in [2.75, 3.05) is 17.3 Å². The van der Waals surface area contributed by atoms with Crippen LogP contribution in [0.5, 0.6) is 5.75 Å². The summed E-state index contributed by atoms with van der Waals surface area (Å²) in [5.74, 6) is 1.05. The number of hydrogen-bond donors (Lipinski definition) is 0. The van der Waals surface area contributed by atoms with Crippen molar-refractivity contribution in [2.45, 2.75) is 50.2 Å². The van der Waals surface area contributed by atoms with Crippen molar-refractivity contribution in [1.29, 1.82) is 0 Å². The lowest BCUT2D eigenvalue weighted by atomic mass is 9.93. The van der Waals surface area contributed by atoms with Crippen LogP contribution in [0.15, 0.2) is 59.8 Å². The van der Waals surface area contributed by atoms with Crippen LogP contribution >= 0.6 is 11.8 Å². The number of thioether (sulfide) groups is 1. The number of aromatic nitrogens is 4. The molecule has 4 rings (SSSR count). The summed E-state index contributed by atoms with van der Waals surface area (Å²) in [6.45, 7) is 2.49. The molecule has 0 N–H and O–H groups in total. The normalized spacial score (nSPS) is 14.4. The molecule has 31 heavy (non-hydrogen) atoms. The third kappa shape index (κ3) is 5.07. The van der Waals surface area contributed by atoms with Crippen LogP contribution in [0.2, 0.25) is 0 Å². The van der Waals surface area contributed by atoms with Crippen LogP contribution in [0, 0.1) is 0 Å². The smallest absolute Gasteiger partial charge is 0.237 e. The molecule has 3 aromatic rings. The Kier molecular flexibility index (Phi) is 7.19. The summed E-state index contributed by atoms with van der Waals surface area (Å²) in [5, 5.41) is 12.7. The molecule has 1 saturated carbocycles. The predicted molar refractivity (Wildman–Crippen MR) is 122 cm³/mol. The fourth-order valence-electron chi connectivity index (χ4n) is 4.01. The molecule has 2 aromatic carbocycles. The lowest BCUT2D eigenvalue weighted by molar-refractivity contribution is -0.116. The van der Waals surface area contributed by atoms with Crippen LogP contribution in [-0.2, 0) is 4.79 Å². The Morgan fingerprint density at radius 2 is 1.84 bits per heavy atom. The van der Waals surface area contributed by atoms with E-state index in [1.54, 1.807) is 4.68 Å². The summed E-state index contributed by atoms with van der Waals surface area (Å²) in [5.41, 5.74) is 1.72. The molecule has 0 bridgehead atoms. The van der Waals surface area contributed by atoms with E-state index in [0.717, 1.165) is 24.2 Å². The number of carbonyl (C=O) groups is 1. The van der Waals surface area contributed by atoms with Crippen molar-refractivity contribution < 1.29 is 9.53 Å². The second kappa shape index (κ2) is 10.4. The molecule has 1 amide bonds. The van der Waals surface area contributed by atoms with Crippen LogP contribution in [0.1, 0.15) is 39.0 Å². The average Bonchev–Trinajstić information content (AvgIpc) is 3.28. The minimum absolute atomic E-state index is 0.0794. The van der Waals surface area contributed by atoms with Crippen LogP contribution in [0.3, 0.4) is 0 Å². The number of anilines is 1. The molecular formula is C23H27N5O2S. The number of hydrogen-bond acceptors (Lipinski definition) is 6. The second-order valence-electron chi connectivity index (χ2n) is 7.45. The fraction of sp³-hybridized carbons (Fsp3) is 0.391. The van der Waals surface area contributed by atoms with Crippen LogP contribution in [0.4, 0.5) is 5.69 Å². The zero-order chi connectivity index (χ0) is 21.5. The summed E-state index contributed by atoms with van der Waals surface area (Å²) in [6, 6.07) is 17.8. The molecule has 7 nitrogen and oxygen atoms in total. The van der Waals surface area contributed by atoms with Crippen molar-refractivity contribution in [3.63, 3.8) is 0 Å². The summed E-state index contributed by atoms with van der Waals surface area (Å²) >= 11 is 1.35. The summed E-state index contributed by atoms with van der Waals surface area (Å²) in [4.78, 5) is 15.3. The highest BCUT2D eigenvalue weighted by atomic mass is 32.2. The number of amides is 1. The van der Waals surface area contributed by atoms with E-state index < -0.39 is 0 Å². The third-order valence-corrected chi connectivity index (χ3v) is 6.31. The molecule has 1 aliphatic rings. The largest absolute Gasteiger partial charge is 0.492 e. The lowest BCUT2D eigenvalue weighted by Gasteiger charge is -2.34. The van der Waals surface area contributed by atoms with Gasteiger partial charge < -0.3 is 9.64 Å². The van der Waals surface area contributed by atoms with E-state index in [2.05, 4.69) is 15.5 Å². The van der Waals surface area contributed by atoms with E-state index in [0.29, 0.717) is 17.5 Å². The highest BCUT2D eigenvalue weighted by Crippen LogP contribution is 2.30. The van der Waals surface area contributed by atoms with E-state index in [4.69, 9.17) is 4.74 Å². The fourth-order valence-corrected chi connectivity index (χ4v) is 4.75. The van der Waals surface area contributed by atoms with Gasteiger partial charge in [-0.15, -0.1) is 5.10 Å². The highest BCUT2D eigenvalue weighted by molar-refractivity contribution is 7.99. The molecule has 1 fully saturated rings. The molecule has 0 saturated heterocycles. The maximum Gasteiger partial charge on any atom is 0.237 e. The lowest BCUT2D eigenvalue weighted by Crippen LogP contribution is -2.42. The maximum absolute atomic E-state index is 13.4. The number of para-hydroxylation sites is 3. The van der Waals surface area contributed by atoms with Gasteiger partial charge in [0.25, 0.3) is 0 Å². The molecule has 8 heteroatoms. The van der Waals surface area contributed by atoms with Gasteiger partial charge in [0.1, 0.15) is 11.4 Å². The van der Waals surface area contributed by atoms with Gasteiger partial charge in [-0.1, -0.05) is 61.4 Å². The molecule has 0 atom stereocenters. The first kappa shape index (κ1) is 21.4. The van der Waals surface area contributed by atoms with E-state index in [9.17, 15) is 4.79 Å². The van der Waals surface area contributed by atoms with Gasteiger partial charge in [0.15, 0.2) is 0 Å². The third-order valence-electron chi connectivity index (χ3n) is 5.40. The average molecular weight is 438 g/mol. The standard InChI is InChI=1S/C23H27N5O2S/c1-2-30-21-16-10-9-15-20(21)28-23(24-25-26-28)31-17-22(29)27(18-11-5-3-6-12-18)19-13-7-4-8-14-19/h3,5-6,9-12,15-16,19H,2,4,7-8,13-14,17H2,1H3. The van der Waals surface area contributed by atoms with E-state index in [-0.39, 0.29) is 17.7 Å². The Bertz CT molecular complexity index is 988. The van der Waals surface area contributed by atoms with Crippen molar-refractivity contribution in [3.05, 3.63) is 54.6 Å². The van der Waals surface area contributed by atoms with Crippen molar-refractivity contribution in [2.24, 2.45) is 0 Å². The first-order valence-corrected chi connectivity index (χ1v) is 11.8. The molecule has 0 unspecified atom stereocenters. The first-order chi connectivity index (χ1) is 15.3. The van der Waals surface area contributed by atoms with Crippen LogP contribution in [0.25, 0.3) is 5.69 Å². The predicted octanol–water partition coefficient (Wildman–Crippen LogP) is 4.52. The number of carbonyl (C=O) groups excluding carboxylic acids is 1. The minimum Gasteiger partial charge on any atom is -0.492 e. The molecule has 0 radical (unpaired) electrons. The molecule has 0 aliphatic heterocycles. The molecule has 1 heterocycles. The number of nitrogens with zero attached hydrogens (tertiary/aromatic N) is 5. The Morgan fingerprint density at radius 1 is 1.10 bits per heavy atom. The Morgan fingerprint density at radius 3 is 2.61 bits per heavy atom. The van der Waals surface area contributed by atoms with E-state index in [1.165, 1.54) is 31.0 Å². The van der Waals surface area contributed by atoms with Gasteiger partial charge in [0.2, 0.25) is 11.1 Å². The number of benzene rings is 2. The highest BCUT2D eigenvalue weighted by Gasteiger charge is 2.27. The first-order valence-electron chi connectivity index (χ1n) is 10.8. The van der Waals surface area contributed by atoms with Crippen LogP contribution in [-0.4, -0.2) is 44.5 Å². The zero-order valence-corrected chi connectivity index (χ0v) is 18.5. The maximum atomic E-state index is 13.4. The zero-order valence-electron chi connectivity index (χ0n) is 17.7. The van der Waals surface area contributed by atoms with Gasteiger partial charge in [-0.05, 0) is 54.5 Å². The quantitative estimate of drug-likeness (QED) is 0.483. The number of rotatable bonds is 8. The summed E-state index contributed by atoms with van der Waals surface area (Å²) in [7, 11) is 0. The summed E-state index contributed by atoms with van der Waals surface area (Å²) in [6.07, 6.45) is 5.67. The molecular weight excluding hydrogens is 410 g/mol. The SMILES string of the molecule is CCOc1ccccc1-n1nnnc1SCC(=O)N(c1ccccc1)C1CCCCC1. The number of ether oxygens (including phenoxy) is 1. The number of tetrazole rings is 1. The van der Waals surface area contributed by atoms with Gasteiger partial charge in [0, 0.05) is 11.7 Å². The topological polar surface area (TPSA) is 73.1 Å². The van der Waals surface area contributed by atoms with Crippen molar-refractivity contribution in [3.8, 4) is 11.4 Å². The molecule has 0 spiro atoms. The Hall–Kier alpha value is -2.87. The second-order valence-corrected chi connectivity index (χ2v) is 8.40. The minimum atomic E-state index is 0.0794. The Balaban J connectivity index is 1.52. The van der Waals surface area contributed by atoms with E-state index in [1.807, 2.05) is 66.4 Å². The van der Waals surface area contributed by atoms with Crippen LogP contribution < -0.4 is 9.64 Å². The molecule has 1 aliphatic carbocycles. The van der Waals surface area contributed by atoms with Gasteiger partial charge in [-0.2, -0.15) is 4.68 Å². The monoisotopic (exact) mass is 437 g/mol.